The summed E-state index contributed by atoms with van der Waals surface area (Å²) in [5.74, 6) is -1.10. The lowest BCUT2D eigenvalue weighted by molar-refractivity contribution is 0.0157. The van der Waals surface area contributed by atoms with Crippen LogP contribution in [0.5, 0.6) is 0 Å². The van der Waals surface area contributed by atoms with Crippen molar-refractivity contribution in [3.8, 4) is 0 Å². The number of rotatable bonds is 3. The van der Waals surface area contributed by atoms with Crippen molar-refractivity contribution in [2.75, 3.05) is 11.9 Å². The number of carbonyl (C=O) groups is 2. The Labute approximate surface area is 127 Å². The van der Waals surface area contributed by atoms with Crippen molar-refractivity contribution < 1.29 is 19.4 Å². The molecule has 6 nitrogen and oxygen atoms in total. The third-order valence-electron chi connectivity index (χ3n) is 3.28. The number of hydrogen-bond acceptors (Lipinski definition) is 3. The van der Waals surface area contributed by atoms with Crippen LogP contribution in [0.15, 0.2) is 18.2 Å². The maximum absolute atomic E-state index is 11.9. The van der Waals surface area contributed by atoms with E-state index in [1.165, 1.54) is 18.2 Å². The van der Waals surface area contributed by atoms with Crippen LogP contribution in [0.1, 0.15) is 30.1 Å². The summed E-state index contributed by atoms with van der Waals surface area (Å²) in [6.07, 6.45) is 1.68. The lowest BCUT2D eigenvalue weighted by atomic mass is 10.0. The van der Waals surface area contributed by atoms with Crippen LogP contribution in [0, 0.1) is 0 Å². The van der Waals surface area contributed by atoms with E-state index in [1.807, 2.05) is 6.92 Å². The van der Waals surface area contributed by atoms with Crippen molar-refractivity contribution >= 4 is 29.3 Å². The van der Waals surface area contributed by atoms with Crippen molar-refractivity contribution in [2.45, 2.75) is 31.9 Å². The van der Waals surface area contributed by atoms with E-state index in [4.69, 9.17) is 21.4 Å². The number of ether oxygens (including phenoxy) is 1. The summed E-state index contributed by atoms with van der Waals surface area (Å²) in [5, 5.41) is 14.5. The summed E-state index contributed by atoms with van der Waals surface area (Å²) in [4.78, 5) is 22.7. The normalized spacial score (nSPS) is 21.6. The molecule has 1 aliphatic heterocycles. The third-order valence-corrected chi connectivity index (χ3v) is 3.59. The van der Waals surface area contributed by atoms with Gasteiger partial charge < -0.3 is 20.5 Å². The fourth-order valence-electron chi connectivity index (χ4n) is 2.25. The number of benzene rings is 1. The van der Waals surface area contributed by atoms with Gasteiger partial charge in [0.25, 0.3) is 0 Å². The molecule has 0 radical (unpaired) electrons. The molecule has 2 atom stereocenters. The van der Waals surface area contributed by atoms with Crippen LogP contribution in [-0.2, 0) is 4.74 Å². The molecular weight excluding hydrogens is 296 g/mol. The predicted molar refractivity (Wildman–Crippen MR) is 79.0 cm³/mol. The Morgan fingerprint density at radius 2 is 2.19 bits per heavy atom. The zero-order chi connectivity index (χ0) is 15.4. The standard InChI is InChI=1S/C14H17ClN2O4/c1-8-6-10(4-5-21-8)17-14(20)16-9-2-3-11(13(18)19)12(15)7-9/h2-3,7-8,10H,4-6H2,1H3,(H,18,19)(H2,16,17,20). The fraction of sp³-hybridized carbons (Fsp3) is 0.429. The molecule has 0 aliphatic carbocycles. The second kappa shape index (κ2) is 6.78. The molecule has 2 amide bonds. The smallest absolute Gasteiger partial charge is 0.337 e. The molecule has 2 unspecified atom stereocenters. The second-order valence-electron chi connectivity index (χ2n) is 5.00. The summed E-state index contributed by atoms with van der Waals surface area (Å²) in [5.41, 5.74) is 0.448. The highest BCUT2D eigenvalue weighted by Gasteiger charge is 2.21. The Balaban J connectivity index is 1.93. The number of aromatic carboxylic acids is 1. The first-order chi connectivity index (χ1) is 9.95. The molecule has 0 aromatic heterocycles. The number of amides is 2. The summed E-state index contributed by atoms with van der Waals surface area (Å²) in [6.45, 7) is 2.60. The average Bonchev–Trinajstić information content (AvgIpc) is 2.38. The number of nitrogens with one attached hydrogen (secondary N) is 2. The average molecular weight is 313 g/mol. The van der Waals surface area contributed by atoms with Gasteiger partial charge in [-0.15, -0.1) is 0 Å². The van der Waals surface area contributed by atoms with E-state index in [-0.39, 0.29) is 28.8 Å². The van der Waals surface area contributed by atoms with Crippen LogP contribution >= 0.6 is 11.6 Å². The predicted octanol–water partition coefficient (Wildman–Crippen LogP) is 2.73. The van der Waals surface area contributed by atoms with Crippen LogP contribution in [-0.4, -0.2) is 35.9 Å². The van der Waals surface area contributed by atoms with Gasteiger partial charge in [0.2, 0.25) is 0 Å². The molecule has 0 saturated carbocycles. The van der Waals surface area contributed by atoms with E-state index in [2.05, 4.69) is 10.6 Å². The molecule has 1 heterocycles. The number of carboxylic acids is 1. The quantitative estimate of drug-likeness (QED) is 0.800. The summed E-state index contributed by atoms with van der Waals surface area (Å²) >= 11 is 5.85. The fourth-order valence-corrected chi connectivity index (χ4v) is 2.51. The largest absolute Gasteiger partial charge is 0.478 e. The van der Waals surface area contributed by atoms with Gasteiger partial charge in [-0.3, -0.25) is 0 Å². The van der Waals surface area contributed by atoms with E-state index < -0.39 is 5.97 Å². The highest BCUT2D eigenvalue weighted by Crippen LogP contribution is 2.21. The highest BCUT2D eigenvalue weighted by atomic mass is 35.5. The molecule has 1 aromatic rings. The number of carboxylic acid groups (broad SMARTS) is 1. The van der Waals surface area contributed by atoms with Crippen molar-refractivity contribution in [2.24, 2.45) is 0 Å². The van der Waals surface area contributed by atoms with Crippen molar-refractivity contribution in [1.29, 1.82) is 0 Å². The van der Waals surface area contributed by atoms with Gasteiger partial charge in [-0.25, -0.2) is 9.59 Å². The molecule has 2 rings (SSSR count). The number of hydrogen-bond donors (Lipinski definition) is 3. The zero-order valence-corrected chi connectivity index (χ0v) is 12.3. The van der Waals surface area contributed by atoms with Crippen LogP contribution in [0.25, 0.3) is 0 Å². The van der Waals surface area contributed by atoms with E-state index in [0.29, 0.717) is 12.3 Å². The molecule has 0 bridgehead atoms. The van der Waals surface area contributed by atoms with Gasteiger partial charge >= 0.3 is 12.0 Å². The van der Waals surface area contributed by atoms with Gasteiger partial charge in [0, 0.05) is 18.3 Å². The minimum Gasteiger partial charge on any atom is -0.478 e. The van der Waals surface area contributed by atoms with Crippen LogP contribution in [0.2, 0.25) is 5.02 Å². The molecule has 1 aliphatic rings. The van der Waals surface area contributed by atoms with E-state index in [9.17, 15) is 9.59 Å². The number of anilines is 1. The lowest BCUT2D eigenvalue weighted by Gasteiger charge is -2.27. The Morgan fingerprint density at radius 1 is 1.43 bits per heavy atom. The molecule has 1 fully saturated rings. The van der Waals surface area contributed by atoms with Gasteiger partial charge in [0.05, 0.1) is 16.7 Å². The monoisotopic (exact) mass is 312 g/mol. The number of halogens is 1. The van der Waals surface area contributed by atoms with E-state index >= 15 is 0 Å². The second-order valence-corrected chi connectivity index (χ2v) is 5.41. The zero-order valence-electron chi connectivity index (χ0n) is 11.6. The molecule has 7 heteroatoms. The first-order valence-electron chi connectivity index (χ1n) is 6.67. The molecule has 1 aromatic carbocycles. The molecule has 3 N–H and O–H groups in total. The van der Waals surface area contributed by atoms with Crippen LogP contribution < -0.4 is 10.6 Å². The van der Waals surface area contributed by atoms with E-state index in [0.717, 1.165) is 12.8 Å². The Hall–Kier alpha value is -1.79. The highest BCUT2D eigenvalue weighted by molar-refractivity contribution is 6.33. The molecule has 21 heavy (non-hydrogen) atoms. The van der Waals surface area contributed by atoms with Crippen molar-refractivity contribution in [1.82, 2.24) is 5.32 Å². The van der Waals surface area contributed by atoms with Gasteiger partial charge in [-0.05, 0) is 38.0 Å². The van der Waals surface area contributed by atoms with Crippen molar-refractivity contribution in [3.63, 3.8) is 0 Å². The maximum atomic E-state index is 11.9. The van der Waals surface area contributed by atoms with Gasteiger partial charge in [-0.1, -0.05) is 11.6 Å². The summed E-state index contributed by atoms with van der Waals surface area (Å²) < 4.78 is 5.41. The van der Waals surface area contributed by atoms with Gasteiger partial charge in [-0.2, -0.15) is 0 Å². The lowest BCUT2D eigenvalue weighted by Crippen LogP contribution is -2.43. The number of carbonyl (C=O) groups excluding carboxylic acids is 1. The minimum absolute atomic E-state index is 0.000814. The van der Waals surface area contributed by atoms with Gasteiger partial charge in [0.1, 0.15) is 0 Å². The number of urea groups is 1. The van der Waals surface area contributed by atoms with Crippen LogP contribution in [0.3, 0.4) is 0 Å². The first-order valence-corrected chi connectivity index (χ1v) is 7.05. The Kier molecular flexibility index (Phi) is 5.03. The molecule has 114 valence electrons. The topological polar surface area (TPSA) is 87.7 Å². The summed E-state index contributed by atoms with van der Waals surface area (Å²) in [6, 6.07) is 4.01. The SMILES string of the molecule is CC1CC(NC(=O)Nc2ccc(C(=O)O)c(Cl)c2)CCO1. The summed E-state index contributed by atoms with van der Waals surface area (Å²) in [7, 11) is 0. The maximum Gasteiger partial charge on any atom is 0.337 e. The Morgan fingerprint density at radius 3 is 2.81 bits per heavy atom. The van der Waals surface area contributed by atoms with E-state index in [1.54, 1.807) is 0 Å². The van der Waals surface area contributed by atoms with Gasteiger partial charge in [0.15, 0.2) is 0 Å². The molecule has 1 saturated heterocycles. The minimum atomic E-state index is -1.10. The Bertz CT molecular complexity index is 550. The third kappa shape index (κ3) is 4.34. The first kappa shape index (κ1) is 15.6. The molecule has 0 spiro atoms. The molecular formula is C14H17ClN2O4. The van der Waals surface area contributed by atoms with Crippen molar-refractivity contribution in [3.05, 3.63) is 28.8 Å². The van der Waals surface area contributed by atoms with Crippen LogP contribution in [0.4, 0.5) is 10.5 Å².